The largest absolute Gasteiger partial charge is 0.317 e. The Bertz CT molecular complexity index is 405. The van der Waals surface area contributed by atoms with E-state index in [0.29, 0.717) is 5.92 Å². The summed E-state index contributed by atoms with van der Waals surface area (Å²) in [5, 5.41) is 3.40. The molecule has 1 saturated heterocycles. The highest BCUT2D eigenvalue weighted by atomic mass is 19.1. The first-order chi connectivity index (χ1) is 8.63. The van der Waals surface area contributed by atoms with E-state index in [-0.39, 0.29) is 11.9 Å². The maximum atomic E-state index is 14.0. The van der Waals surface area contributed by atoms with Crippen molar-refractivity contribution < 1.29 is 4.39 Å². The predicted octanol–water partition coefficient (Wildman–Crippen LogP) is 2.74. The molecule has 0 saturated carbocycles. The number of hydrogen-bond acceptors (Lipinski definition) is 2. The molecular weight excluding hydrogens is 227 g/mol. The van der Waals surface area contributed by atoms with Crippen LogP contribution in [-0.4, -0.2) is 31.6 Å². The van der Waals surface area contributed by atoms with Gasteiger partial charge in [0.2, 0.25) is 0 Å². The summed E-state index contributed by atoms with van der Waals surface area (Å²) in [6.07, 6.45) is 1.14. The second-order valence-electron chi connectivity index (χ2n) is 5.31. The van der Waals surface area contributed by atoms with Crippen LogP contribution in [0.15, 0.2) is 18.2 Å². The van der Waals surface area contributed by atoms with Crippen LogP contribution in [0.2, 0.25) is 0 Å². The number of hydrogen-bond donors (Lipinski definition) is 1. The minimum absolute atomic E-state index is 0.0687. The summed E-state index contributed by atoms with van der Waals surface area (Å²) < 4.78 is 14.0. The zero-order valence-electron chi connectivity index (χ0n) is 11.5. The third-order valence-corrected chi connectivity index (χ3v) is 3.90. The molecule has 0 aromatic heterocycles. The smallest absolute Gasteiger partial charge is 0.128 e. The molecule has 2 unspecified atom stereocenters. The van der Waals surface area contributed by atoms with Crippen molar-refractivity contribution >= 4 is 0 Å². The van der Waals surface area contributed by atoms with Gasteiger partial charge in [0.1, 0.15) is 5.82 Å². The average molecular weight is 250 g/mol. The van der Waals surface area contributed by atoms with Gasteiger partial charge in [-0.2, -0.15) is 0 Å². The number of likely N-dealkylation sites (tertiary alicyclic amines) is 1. The number of aryl methyl sites for hydroxylation is 1. The number of halogens is 1. The average Bonchev–Trinajstić information content (AvgIpc) is 2.71. The van der Waals surface area contributed by atoms with Crippen molar-refractivity contribution in [2.45, 2.75) is 26.3 Å². The minimum atomic E-state index is -0.0687. The van der Waals surface area contributed by atoms with Gasteiger partial charge in [-0.25, -0.2) is 4.39 Å². The van der Waals surface area contributed by atoms with Crippen molar-refractivity contribution in [1.29, 1.82) is 0 Å². The van der Waals surface area contributed by atoms with E-state index in [1.807, 2.05) is 19.1 Å². The molecule has 0 spiro atoms. The van der Waals surface area contributed by atoms with Crippen molar-refractivity contribution in [2.75, 3.05) is 26.7 Å². The van der Waals surface area contributed by atoms with Gasteiger partial charge in [-0.15, -0.1) is 0 Å². The molecule has 0 aliphatic carbocycles. The summed E-state index contributed by atoms with van der Waals surface area (Å²) >= 11 is 0. The third kappa shape index (κ3) is 2.73. The summed E-state index contributed by atoms with van der Waals surface area (Å²) in [4.78, 5) is 2.28. The molecule has 2 nitrogen and oxygen atoms in total. The Morgan fingerprint density at radius 3 is 2.94 bits per heavy atom. The van der Waals surface area contributed by atoms with Gasteiger partial charge in [-0.3, -0.25) is 4.90 Å². The van der Waals surface area contributed by atoms with Gasteiger partial charge in [0.25, 0.3) is 0 Å². The van der Waals surface area contributed by atoms with E-state index in [2.05, 4.69) is 24.2 Å². The maximum absolute atomic E-state index is 14.0. The molecule has 100 valence electrons. The number of nitrogens with zero attached hydrogens (tertiary/aromatic N) is 1. The first-order valence-electron chi connectivity index (χ1n) is 6.80. The zero-order valence-corrected chi connectivity index (χ0v) is 11.5. The summed E-state index contributed by atoms with van der Waals surface area (Å²) in [6.45, 7) is 7.13. The van der Waals surface area contributed by atoms with Gasteiger partial charge in [0.05, 0.1) is 0 Å². The van der Waals surface area contributed by atoms with Gasteiger partial charge < -0.3 is 5.32 Å². The van der Waals surface area contributed by atoms with E-state index in [1.54, 1.807) is 6.07 Å². The van der Waals surface area contributed by atoms with E-state index >= 15 is 0 Å². The molecule has 3 heteroatoms. The second kappa shape index (κ2) is 5.81. The lowest BCUT2D eigenvalue weighted by Gasteiger charge is -2.26. The van der Waals surface area contributed by atoms with E-state index in [9.17, 15) is 4.39 Å². The van der Waals surface area contributed by atoms with E-state index < -0.39 is 0 Å². The van der Waals surface area contributed by atoms with E-state index in [0.717, 1.165) is 37.2 Å². The molecule has 1 heterocycles. The van der Waals surface area contributed by atoms with Gasteiger partial charge in [0, 0.05) is 11.6 Å². The van der Waals surface area contributed by atoms with Crippen molar-refractivity contribution in [3.63, 3.8) is 0 Å². The molecule has 0 bridgehead atoms. The van der Waals surface area contributed by atoms with Crippen LogP contribution in [0.4, 0.5) is 4.39 Å². The molecule has 1 aromatic carbocycles. The Labute approximate surface area is 109 Å². The van der Waals surface area contributed by atoms with Gasteiger partial charge in [-0.1, -0.05) is 24.6 Å². The standard InChI is InChI=1S/C15H23FN2/c1-4-17-10-12-7-8-18(3)15(12)13-9-11(2)5-6-14(13)16/h5-6,9,12,15,17H,4,7-8,10H2,1-3H3. The van der Waals surface area contributed by atoms with Crippen LogP contribution >= 0.6 is 0 Å². The van der Waals surface area contributed by atoms with Crippen molar-refractivity contribution in [3.8, 4) is 0 Å². The van der Waals surface area contributed by atoms with Crippen LogP contribution in [0, 0.1) is 18.7 Å². The van der Waals surface area contributed by atoms with Gasteiger partial charge >= 0.3 is 0 Å². The lowest BCUT2D eigenvalue weighted by atomic mass is 9.92. The Morgan fingerprint density at radius 2 is 2.22 bits per heavy atom. The quantitative estimate of drug-likeness (QED) is 0.884. The summed E-state index contributed by atoms with van der Waals surface area (Å²) in [5.41, 5.74) is 1.99. The monoisotopic (exact) mass is 250 g/mol. The molecule has 2 atom stereocenters. The highest BCUT2D eigenvalue weighted by molar-refractivity contribution is 5.28. The molecule has 1 aliphatic heterocycles. The van der Waals surface area contributed by atoms with Crippen molar-refractivity contribution in [1.82, 2.24) is 10.2 Å². The highest BCUT2D eigenvalue weighted by Crippen LogP contribution is 2.37. The predicted molar refractivity (Wildman–Crippen MR) is 73.2 cm³/mol. The Balaban J connectivity index is 2.24. The molecule has 0 amide bonds. The van der Waals surface area contributed by atoms with Crippen LogP contribution in [0.5, 0.6) is 0 Å². The topological polar surface area (TPSA) is 15.3 Å². The fourth-order valence-corrected chi connectivity index (χ4v) is 2.95. The van der Waals surface area contributed by atoms with Gasteiger partial charge in [-0.05, 0) is 52.0 Å². The van der Waals surface area contributed by atoms with Crippen LogP contribution in [0.3, 0.4) is 0 Å². The summed E-state index contributed by atoms with van der Waals surface area (Å²) in [5.74, 6) is 0.437. The minimum Gasteiger partial charge on any atom is -0.317 e. The Morgan fingerprint density at radius 1 is 1.44 bits per heavy atom. The molecule has 18 heavy (non-hydrogen) atoms. The molecule has 1 N–H and O–H groups in total. The zero-order chi connectivity index (χ0) is 13.1. The van der Waals surface area contributed by atoms with E-state index in [1.165, 1.54) is 0 Å². The van der Waals surface area contributed by atoms with Crippen molar-refractivity contribution in [2.24, 2.45) is 5.92 Å². The molecule has 1 aromatic rings. The maximum Gasteiger partial charge on any atom is 0.128 e. The lowest BCUT2D eigenvalue weighted by molar-refractivity contribution is 0.266. The molecule has 0 radical (unpaired) electrons. The summed E-state index contributed by atoms with van der Waals surface area (Å²) in [7, 11) is 2.10. The first kappa shape index (κ1) is 13.5. The molecular formula is C15H23FN2. The summed E-state index contributed by atoms with van der Waals surface area (Å²) in [6, 6.07) is 5.65. The van der Waals surface area contributed by atoms with Crippen LogP contribution in [0.1, 0.15) is 30.5 Å². The normalized spacial score (nSPS) is 24.7. The Hall–Kier alpha value is -0.930. The molecule has 2 rings (SSSR count). The fourth-order valence-electron chi connectivity index (χ4n) is 2.95. The van der Waals surface area contributed by atoms with E-state index in [4.69, 9.17) is 0 Å². The van der Waals surface area contributed by atoms with Crippen LogP contribution in [0.25, 0.3) is 0 Å². The Kier molecular flexibility index (Phi) is 4.36. The lowest BCUT2D eigenvalue weighted by Crippen LogP contribution is -2.29. The number of nitrogens with one attached hydrogen (secondary N) is 1. The fraction of sp³-hybridized carbons (Fsp3) is 0.600. The second-order valence-corrected chi connectivity index (χ2v) is 5.31. The van der Waals surface area contributed by atoms with Crippen molar-refractivity contribution in [3.05, 3.63) is 35.1 Å². The highest BCUT2D eigenvalue weighted by Gasteiger charge is 2.34. The van der Waals surface area contributed by atoms with Crippen LogP contribution < -0.4 is 5.32 Å². The third-order valence-electron chi connectivity index (χ3n) is 3.90. The number of rotatable bonds is 4. The van der Waals surface area contributed by atoms with Gasteiger partial charge in [0.15, 0.2) is 0 Å². The molecule has 1 aliphatic rings. The SMILES string of the molecule is CCNCC1CCN(C)C1c1cc(C)ccc1F. The number of benzene rings is 1. The first-order valence-corrected chi connectivity index (χ1v) is 6.80. The van der Waals surface area contributed by atoms with Crippen LogP contribution in [-0.2, 0) is 0 Å². The molecule has 1 fully saturated rings.